The third-order valence-corrected chi connectivity index (χ3v) is 2.70. The van der Waals surface area contributed by atoms with Crippen LogP contribution >= 0.6 is 0 Å². The van der Waals surface area contributed by atoms with Crippen LogP contribution in [0.25, 0.3) is 0 Å². The highest BCUT2D eigenvalue weighted by molar-refractivity contribution is 5.39. The van der Waals surface area contributed by atoms with Gasteiger partial charge in [-0.05, 0) is 31.5 Å². The molecule has 0 spiro atoms. The van der Waals surface area contributed by atoms with Crippen molar-refractivity contribution >= 4 is 0 Å². The second-order valence-electron chi connectivity index (χ2n) is 4.45. The predicted octanol–water partition coefficient (Wildman–Crippen LogP) is 3.71. The molecule has 0 aliphatic carbocycles. The van der Waals surface area contributed by atoms with Crippen molar-refractivity contribution in [3.63, 3.8) is 0 Å². The fourth-order valence-corrected chi connectivity index (χ4v) is 1.72. The van der Waals surface area contributed by atoms with Crippen molar-refractivity contribution in [3.05, 3.63) is 60.2 Å². The highest BCUT2D eigenvalue weighted by atomic mass is 16.5. The van der Waals surface area contributed by atoms with E-state index in [1.54, 1.807) is 18.2 Å². The summed E-state index contributed by atoms with van der Waals surface area (Å²) in [5, 5.41) is 9.70. The lowest BCUT2D eigenvalue weighted by atomic mass is 9.98. The van der Waals surface area contributed by atoms with Gasteiger partial charge in [0.1, 0.15) is 5.60 Å². The van der Waals surface area contributed by atoms with Gasteiger partial charge in [-0.3, -0.25) is 0 Å². The smallest absolute Gasteiger partial charge is 0.162 e. The van der Waals surface area contributed by atoms with Crippen molar-refractivity contribution < 1.29 is 9.84 Å². The number of phenolic OH excluding ortho intramolecular Hbond substituents is 1. The first-order valence-corrected chi connectivity index (χ1v) is 5.62. The van der Waals surface area contributed by atoms with Crippen LogP contribution in [0.5, 0.6) is 11.5 Å². The number of ether oxygens (including phenoxy) is 1. The quantitative estimate of drug-likeness (QED) is 0.867. The topological polar surface area (TPSA) is 29.5 Å². The Morgan fingerprint density at radius 1 is 0.882 bits per heavy atom. The van der Waals surface area contributed by atoms with E-state index in [0.717, 1.165) is 5.56 Å². The lowest BCUT2D eigenvalue weighted by molar-refractivity contribution is 0.104. The Kier molecular flexibility index (Phi) is 3.05. The second-order valence-corrected chi connectivity index (χ2v) is 4.45. The molecule has 88 valence electrons. The molecular weight excluding hydrogens is 212 g/mol. The Bertz CT molecular complexity index is 489. The minimum absolute atomic E-state index is 0.163. The number of phenols is 1. The van der Waals surface area contributed by atoms with Gasteiger partial charge in [-0.1, -0.05) is 42.5 Å². The zero-order valence-electron chi connectivity index (χ0n) is 10.1. The van der Waals surface area contributed by atoms with Gasteiger partial charge < -0.3 is 9.84 Å². The van der Waals surface area contributed by atoms with E-state index in [2.05, 4.69) is 0 Å². The molecule has 0 heterocycles. The van der Waals surface area contributed by atoms with Gasteiger partial charge in [0.05, 0.1) is 0 Å². The number of rotatable bonds is 3. The molecule has 0 aliphatic heterocycles. The van der Waals surface area contributed by atoms with Crippen molar-refractivity contribution in [2.45, 2.75) is 19.4 Å². The average molecular weight is 228 g/mol. The van der Waals surface area contributed by atoms with Gasteiger partial charge in [0.25, 0.3) is 0 Å². The minimum Gasteiger partial charge on any atom is -0.504 e. The first-order chi connectivity index (χ1) is 8.09. The third kappa shape index (κ3) is 2.59. The molecule has 0 bridgehead atoms. The Morgan fingerprint density at radius 3 is 2.12 bits per heavy atom. The lowest BCUT2D eigenvalue weighted by Crippen LogP contribution is -2.25. The van der Waals surface area contributed by atoms with E-state index in [-0.39, 0.29) is 5.75 Å². The Hall–Kier alpha value is -1.96. The van der Waals surface area contributed by atoms with Crippen LogP contribution < -0.4 is 4.74 Å². The Labute approximate surface area is 101 Å². The maximum atomic E-state index is 9.70. The van der Waals surface area contributed by atoms with Crippen molar-refractivity contribution in [2.24, 2.45) is 0 Å². The van der Waals surface area contributed by atoms with Crippen LogP contribution in [0.1, 0.15) is 19.4 Å². The van der Waals surface area contributed by atoms with E-state index in [1.807, 2.05) is 50.2 Å². The molecule has 1 N–H and O–H groups in total. The summed E-state index contributed by atoms with van der Waals surface area (Å²) in [5.41, 5.74) is 0.600. The summed E-state index contributed by atoms with van der Waals surface area (Å²) in [4.78, 5) is 0. The summed E-state index contributed by atoms with van der Waals surface area (Å²) < 4.78 is 5.87. The normalized spacial score (nSPS) is 11.2. The number of hydrogen-bond donors (Lipinski definition) is 1. The predicted molar refractivity (Wildman–Crippen MR) is 68.2 cm³/mol. The van der Waals surface area contributed by atoms with Gasteiger partial charge in [-0.25, -0.2) is 0 Å². The van der Waals surface area contributed by atoms with Gasteiger partial charge in [-0.15, -0.1) is 0 Å². The summed E-state index contributed by atoms with van der Waals surface area (Å²) in [6.07, 6.45) is 0. The van der Waals surface area contributed by atoms with Gasteiger partial charge >= 0.3 is 0 Å². The first-order valence-electron chi connectivity index (χ1n) is 5.62. The molecule has 0 saturated heterocycles. The standard InChI is InChI=1S/C15H16O2/c1-15(2,12-8-4-3-5-9-12)17-14-11-7-6-10-13(14)16/h3-11,16H,1-2H3. The summed E-state index contributed by atoms with van der Waals surface area (Å²) in [6.45, 7) is 3.96. The van der Waals surface area contributed by atoms with E-state index in [9.17, 15) is 5.11 Å². The second kappa shape index (κ2) is 4.50. The van der Waals surface area contributed by atoms with Crippen molar-refractivity contribution in [1.82, 2.24) is 0 Å². The van der Waals surface area contributed by atoms with Crippen molar-refractivity contribution in [1.29, 1.82) is 0 Å². The fraction of sp³-hybridized carbons (Fsp3) is 0.200. The van der Waals surface area contributed by atoms with Crippen LogP contribution in [0, 0.1) is 0 Å². The molecule has 2 aromatic carbocycles. The average Bonchev–Trinajstić information content (AvgIpc) is 2.33. The molecule has 0 saturated carbocycles. The van der Waals surface area contributed by atoms with Crippen LogP contribution in [0.2, 0.25) is 0 Å². The summed E-state index contributed by atoms with van der Waals surface area (Å²) in [7, 11) is 0. The molecule has 2 nitrogen and oxygen atoms in total. The molecule has 0 atom stereocenters. The lowest BCUT2D eigenvalue weighted by Gasteiger charge is -2.27. The number of aromatic hydroxyl groups is 1. The molecule has 2 rings (SSSR count). The Balaban J connectivity index is 2.27. The molecule has 0 unspecified atom stereocenters. The molecule has 17 heavy (non-hydrogen) atoms. The minimum atomic E-state index is -0.472. The largest absolute Gasteiger partial charge is 0.504 e. The van der Waals surface area contributed by atoms with E-state index >= 15 is 0 Å². The van der Waals surface area contributed by atoms with Crippen molar-refractivity contribution in [3.8, 4) is 11.5 Å². The third-order valence-electron chi connectivity index (χ3n) is 2.70. The van der Waals surface area contributed by atoms with Crippen LogP contribution in [-0.4, -0.2) is 5.11 Å². The molecule has 2 heteroatoms. The van der Waals surface area contributed by atoms with E-state index < -0.39 is 5.60 Å². The van der Waals surface area contributed by atoms with Gasteiger partial charge in [-0.2, -0.15) is 0 Å². The number of benzene rings is 2. The summed E-state index contributed by atoms with van der Waals surface area (Å²) in [6, 6.07) is 17.0. The molecule has 0 aliphatic rings. The molecule has 0 amide bonds. The van der Waals surface area contributed by atoms with Crippen molar-refractivity contribution in [2.75, 3.05) is 0 Å². The summed E-state index contributed by atoms with van der Waals surface area (Å²) in [5.74, 6) is 0.665. The summed E-state index contributed by atoms with van der Waals surface area (Å²) >= 11 is 0. The molecule has 0 fully saturated rings. The van der Waals surface area contributed by atoms with Gasteiger partial charge in [0.2, 0.25) is 0 Å². The monoisotopic (exact) mass is 228 g/mol. The molecular formula is C15H16O2. The highest BCUT2D eigenvalue weighted by Crippen LogP contribution is 2.32. The van der Waals surface area contributed by atoms with Gasteiger partial charge in [0.15, 0.2) is 11.5 Å². The zero-order chi connectivity index (χ0) is 12.3. The highest BCUT2D eigenvalue weighted by Gasteiger charge is 2.23. The maximum absolute atomic E-state index is 9.70. The molecule has 2 aromatic rings. The van der Waals surface area contributed by atoms with Crippen LogP contribution in [-0.2, 0) is 5.60 Å². The Morgan fingerprint density at radius 2 is 1.47 bits per heavy atom. The SMILES string of the molecule is CC(C)(Oc1ccccc1O)c1ccccc1. The number of hydrogen-bond acceptors (Lipinski definition) is 2. The molecule has 0 radical (unpaired) electrons. The molecule has 0 aromatic heterocycles. The van der Waals surface area contributed by atoms with Gasteiger partial charge in [0, 0.05) is 0 Å². The fourth-order valence-electron chi connectivity index (χ4n) is 1.72. The zero-order valence-corrected chi connectivity index (χ0v) is 10.1. The van der Waals surface area contributed by atoms with Crippen LogP contribution in [0.4, 0.5) is 0 Å². The van der Waals surface area contributed by atoms with Crippen LogP contribution in [0.15, 0.2) is 54.6 Å². The van der Waals surface area contributed by atoms with Crippen LogP contribution in [0.3, 0.4) is 0 Å². The van der Waals surface area contributed by atoms with E-state index in [1.165, 1.54) is 0 Å². The first kappa shape index (κ1) is 11.5. The van der Waals surface area contributed by atoms with E-state index in [4.69, 9.17) is 4.74 Å². The van der Waals surface area contributed by atoms with E-state index in [0.29, 0.717) is 5.75 Å². The number of para-hydroxylation sites is 2. The maximum Gasteiger partial charge on any atom is 0.162 e.